The van der Waals surface area contributed by atoms with Crippen molar-refractivity contribution < 1.29 is 4.79 Å². The van der Waals surface area contributed by atoms with Gasteiger partial charge < -0.3 is 15.2 Å². The van der Waals surface area contributed by atoms with Gasteiger partial charge in [0.25, 0.3) is 0 Å². The lowest BCUT2D eigenvalue weighted by Gasteiger charge is -2.31. The average Bonchev–Trinajstić information content (AvgIpc) is 2.97. The molecule has 1 atom stereocenters. The van der Waals surface area contributed by atoms with Gasteiger partial charge in [0.1, 0.15) is 0 Å². The fourth-order valence-corrected chi connectivity index (χ4v) is 2.68. The Bertz CT molecular complexity index is 629. The minimum absolute atomic E-state index is 0. The van der Waals surface area contributed by atoms with E-state index in [-0.39, 0.29) is 36.6 Å². The van der Waals surface area contributed by atoms with Crippen molar-refractivity contribution in [3.8, 4) is 0 Å². The van der Waals surface area contributed by atoms with E-state index in [1.807, 2.05) is 29.8 Å². The molecule has 1 aliphatic rings. The quantitative estimate of drug-likeness (QED) is 0.819. The molecule has 0 saturated carbocycles. The molecule has 132 valence electrons. The summed E-state index contributed by atoms with van der Waals surface area (Å²) in [7, 11) is 0. The van der Waals surface area contributed by atoms with Crippen molar-refractivity contribution in [2.45, 2.75) is 20.0 Å². The molecule has 3 rings (SSSR count). The predicted molar refractivity (Wildman–Crippen MR) is 99.6 cm³/mol. The molecule has 1 saturated heterocycles. The number of carbonyl (C=O) groups excluding carboxylic acids is 1. The Kier molecular flexibility index (Phi) is 8.25. The zero-order valence-electron chi connectivity index (χ0n) is 13.6. The van der Waals surface area contributed by atoms with E-state index >= 15 is 0 Å². The number of amides is 1. The van der Waals surface area contributed by atoms with Crippen LogP contribution in [0.15, 0.2) is 43.0 Å². The summed E-state index contributed by atoms with van der Waals surface area (Å²) in [6.07, 6.45) is 5.53. The summed E-state index contributed by atoms with van der Waals surface area (Å²) in [4.78, 5) is 16.3. The number of hydrogen-bond acceptors (Lipinski definition) is 3. The second-order valence-corrected chi connectivity index (χ2v) is 5.93. The van der Waals surface area contributed by atoms with Crippen LogP contribution in [0.25, 0.3) is 0 Å². The molecule has 1 fully saturated rings. The fourth-order valence-electron chi connectivity index (χ4n) is 2.68. The first kappa shape index (κ1) is 20.5. The highest BCUT2D eigenvalue weighted by atomic mass is 35.5. The third-order valence-corrected chi connectivity index (χ3v) is 4.42. The molecule has 24 heavy (non-hydrogen) atoms. The molecule has 1 aromatic carbocycles. The van der Waals surface area contributed by atoms with Gasteiger partial charge in [-0.15, -0.1) is 24.8 Å². The van der Waals surface area contributed by atoms with Crippen molar-refractivity contribution in [2.24, 2.45) is 11.8 Å². The van der Waals surface area contributed by atoms with E-state index in [1.165, 1.54) is 5.56 Å². The SMILES string of the molecule is CC(C(=O)NCc1ccccc1Cn1ccnc1)C1CNC1.Cl.Cl. The molecule has 1 unspecified atom stereocenters. The van der Waals surface area contributed by atoms with E-state index in [9.17, 15) is 4.79 Å². The average molecular weight is 371 g/mol. The number of carbonyl (C=O) groups is 1. The number of nitrogens with one attached hydrogen (secondary N) is 2. The van der Waals surface area contributed by atoms with E-state index in [2.05, 4.69) is 27.8 Å². The molecule has 0 aliphatic carbocycles. The highest BCUT2D eigenvalue weighted by Gasteiger charge is 2.28. The lowest BCUT2D eigenvalue weighted by Crippen LogP contribution is -2.49. The number of halogens is 2. The van der Waals surface area contributed by atoms with Crippen LogP contribution in [0.1, 0.15) is 18.1 Å². The van der Waals surface area contributed by atoms with Crippen LogP contribution in [0.4, 0.5) is 0 Å². The van der Waals surface area contributed by atoms with Gasteiger partial charge in [-0.3, -0.25) is 4.79 Å². The first-order valence-corrected chi connectivity index (χ1v) is 7.75. The van der Waals surface area contributed by atoms with E-state index in [1.54, 1.807) is 12.5 Å². The van der Waals surface area contributed by atoms with Crippen molar-refractivity contribution in [3.63, 3.8) is 0 Å². The van der Waals surface area contributed by atoms with Crippen LogP contribution < -0.4 is 10.6 Å². The molecule has 2 N–H and O–H groups in total. The summed E-state index contributed by atoms with van der Waals surface area (Å²) < 4.78 is 2.03. The van der Waals surface area contributed by atoms with Crippen LogP contribution in [0.5, 0.6) is 0 Å². The largest absolute Gasteiger partial charge is 0.352 e. The topological polar surface area (TPSA) is 59.0 Å². The molecule has 0 radical (unpaired) electrons. The molecule has 2 heterocycles. The predicted octanol–water partition coefficient (Wildman–Crippen LogP) is 2.25. The van der Waals surface area contributed by atoms with E-state index < -0.39 is 0 Å². The van der Waals surface area contributed by atoms with Crippen molar-refractivity contribution in [3.05, 3.63) is 54.1 Å². The molecule has 7 heteroatoms. The lowest BCUT2D eigenvalue weighted by atomic mass is 9.88. The smallest absolute Gasteiger partial charge is 0.223 e. The first-order valence-electron chi connectivity index (χ1n) is 7.75. The molecular weight excluding hydrogens is 347 g/mol. The van der Waals surface area contributed by atoms with Crippen molar-refractivity contribution in [2.75, 3.05) is 13.1 Å². The summed E-state index contributed by atoms with van der Waals surface area (Å²) in [5.74, 6) is 0.687. The van der Waals surface area contributed by atoms with Gasteiger partial charge in [0.05, 0.1) is 6.33 Å². The minimum Gasteiger partial charge on any atom is -0.352 e. The molecule has 0 bridgehead atoms. The van der Waals surface area contributed by atoms with Crippen molar-refractivity contribution in [1.82, 2.24) is 20.2 Å². The number of nitrogens with zero attached hydrogens (tertiary/aromatic N) is 2. The fraction of sp³-hybridized carbons (Fsp3) is 0.412. The lowest BCUT2D eigenvalue weighted by molar-refractivity contribution is -0.126. The second-order valence-electron chi connectivity index (χ2n) is 5.93. The summed E-state index contributed by atoms with van der Waals surface area (Å²) in [6, 6.07) is 8.21. The molecule has 1 amide bonds. The Balaban J connectivity index is 0.00000144. The van der Waals surface area contributed by atoms with E-state index in [4.69, 9.17) is 0 Å². The Morgan fingerprint density at radius 3 is 2.62 bits per heavy atom. The van der Waals surface area contributed by atoms with Crippen LogP contribution in [0, 0.1) is 11.8 Å². The van der Waals surface area contributed by atoms with Crippen LogP contribution in [0.2, 0.25) is 0 Å². The van der Waals surface area contributed by atoms with Gasteiger partial charge >= 0.3 is 0 Å². The Hall–Kier alpha value is -1.56. The summed E-state index contributed by atoms with van der Waals surface area (Å²) in [5.41, 5.74) is 2.36. The molecule has 2 aromatic rings. The Morgan fingerprint density at radius 2 is 2.04 bits per heavy atom. The highest BCUT2D eigenvalue weighted by Crippen LogP contribution is 2.16. The molecule has 1 aromatic heterocycles. The summed E-state index contributed by atoms with van der Waals surface area (Å²) in [6.45, 7) is 5.26. The number of aromatic nitrogens is 2. The molecule has 1 aliphatic heterocycles. The number of benzene rings is 1. The molecule has 0 spiro atoms. The van der Waals surface area contributed by atoms with Gasteiger partial charge in [-0.05, 0) is 30.1 Å². The number of hydrogen-bond donors (Lipinski definition) is 2. The summed E-state index contributed by atoms with van der Waals surface area (Å²) >= 11 is 0. The highest BCUT2D eigenvalue weighted by molar-refractivity contribution is 5.85. The van der Waals surface area contributed by atoms with E-state index in [0.717, 1.165) is 25.2 Å². The second kappa shape index (κ2) is 9.67. The zero-order valence-corrected chi connectivity index (χ0v) is 15.3. The van der Waals surface area contributed by atoms with Gasteiger partial charge in [-0.2, -0.15) is 0 Å². The maximum absolute atomic E-state index is 12.2. The maximum atomic E-state index is 12.2. The van der Waals surface area contributed by atoms with Gasteiger partial charge in [0, 0.05) is 31.4 Å². The third-order valence-electron chi connectivity index (χ3n) is 4.42. The van der Waals surface area contributed by atoms with Gasteiger partial charge in [0.2, 0.25) is 5.91 Å². The van der Waals surface area contributed by atoms with Gasteiger partial charge in [-0.1, -0.05) is 31.2 Å². The van der Waals surface area contributed by atoms with E-state index in [0.29, 0.717) is 12.5 Å². The molecular formula is C17H24Cl2N4O. The van der Waals surface area contributed by atoms with Crippen LogP contribution in [0.3, 0.4) is 0 Å². The third kappa shape index (κ3) is 4.97. The standard InChI is InChI=1S/C17H22N4O.2ClH/c1-13(16-8-19-9-16)17(22)20-10-14-4-2-3-5-15(14)11-21-7-6-18-12-21;;/h2-7,12-13,16,19H,8-11H2,1H3,(H,20,22);2*1H. The first-order chi connectivity index (χ1) is 10.7. The van der Waals surface area contributed by atoms with Gasteiger partial charge in [0.15, 0.2) is 0 Å². The van der Waals surface area contributed by atoms with Crippen LogP contribution in [-0.4, -0.2) is 28.5 Å². The van der Waals surface area contributed by atoms with Crippen molar-refractivity contribution >= 4 is 30.7 Å². The number of rotatable bonds is 6. The van der Waals surface area contributed by atoms with Crippen LogP contribution >= 0.6 is 24.8 Å². The minimum atomic E-state index is 0. The van der Waals surface area contributed by atoms with Crippen LogP contribution in [-0.2, 0) is 17.9 Å². The van der Waals surface area contributed by atoms with Crippen molar-refractivity contribution in [1.29, 1.82) is 0 Å². The summed E-state index contributed by atoms with van der Waals surface area (Å²) in [5, 5.41) is 6.29. The zero-order chi connectivity index (χ0) is 15.4. The molecule has 5 nitrogen and oxygen atoms in total. The van der Waals surface area contributed by atoms with Gasteiger partial charge in [-0.25, -0.2) is 4.98 Å². The normalized spacial score (nSPS) is 14.7. The maximum Gasteiger partial charge on any atom is 0.223 e. The monoisotopic (exact) mass is 370 g/mol. The Morgan fingerprint density at radius 1 is 1.33 bits per heavy atom. The Labute approximate surface area is 155 Å². The number of imidazole rings is 1.